The highest BCUT2D eigenvalue weighted by Gasteiger charge is 2.27. The third kappa shape index (κ3) is 4.86. The van der Waals surface area contributed by atoms with Gasteiger partial charge in [-0.15, -0.1) is 10.2 Å². The Hall–Kier alpha value is -2.63. The molecule has 4 rings (SSSR count). The van der Waals surface area contributed by atoms with Crippen LogP contribution in [0.15, 0.2) is 36.4 Å². The van der Waals surface area contributed by atoms with Gasteiger partial charge in [0.15, 0.2) is 5.82 Å². The number of rotatable bonds is 5. The van der Waals surface area contributed by atoms with Crippen molar-refractivity contribution in [2.45, 2.75) is 51.0 Å². The van der Waals surface area contributed by atoms with Crippen molar-refractivity contribution in [3.8, 4) is 17.0 Å². The highest BCUT2D eigenvalue weighted by Crippen LogP contribution is 2.25. The van der Waals surface area contributed by atoms with E-state index in [1.54, 1.807) is 7.11 Å². The molecule has 1 aromatic heterocycles. The van der Waals surface area contributed by atoms with E-state index in [4.69, 9.17) is 4.74 Å². The van der Waals surface area contributed by atoms with Gasteiger partial charge in [0.25, 0.3) is 0 Å². The molecule has 2 aromatic rings. The molecule has 2 aliphatic rings. The van der Waals surface area contributed by atoms with Gasteiger partial charge in [0.05, 0.1) is 12.8 Å². The second-order valence-electron chi connectivity index (χ2n) is 8.11. The monoisotopic (exact) mass is 394 g/mol. The number of hydrogen-bond acceptors (Lipinski definition) is 5. The van der Waals surface area contributed by atoms with Crippen molar-refractivity contribution >= 4 is 11.7 Å². The number of nitrogens with zero attached hydrogens (tertiary/aromatic N) is 3. The Bertz CT molecular complexity index is 793. The Balaban J connectivity index is 1.30. The molecule has 6 nitrogen and oxygen atoms in total. The topological polar surface area (TPSA) is 67.3 Å². The lowest BCUT2D eigenvalue weighted by Gasteiger charge is -2.33. The molecule has 0 unspecified atom stereocenters. The molecule has 1 aromatic carbocycles. The summed E-state index contributed by atoms with van der Waals surface area (Å²) < 4.78 is 5.20. The predicted octanol–water partition coefficient (Wildman–Crippen LogP) is 3.82. The maximum Gasteiger partial charge on any atom is 0.223 e. The quantitative estimate of drug-likeness (QED) is 0.835. The minimum atomic E-state index is 0.125. The van der Waals surface area contributed by atoms with Crippen molar-refractivity contribution in [2.75, 3.05) is 25.1 Å². The summed E-state index contributed by atoms with van der Waals surface area (Å²) in [6.45, 7) is 1.69. The number of benzene rings is 1. The van der Waals surface area contributed by atoms with Crippen molar-refractivity contribution in [2.24, 2.45) is 5.92 Å². The van der Waals surface area contributed by atoms with Crippen LogP contribution in [-0.2, 0) is 4.79 Å². The average Bonchev–Trinajstić information content (AvgIpc) is 2.80. The van der Waals surface area contributed by atoms with Gasteiger partial charge in [-0.25, -0.2) is 0 Å². The number of carbonyl (C=O) groups is 1. The number of piperidine rings is 1. The van der Waals surface area contributed by atoms with Gasteiger partial charge >= 0.3 is 0 Å². The van der Waals surface area contributed by atoms with Crippen LogP contribution in [0.5, 0.6) is 5.75 Å². The van der Waals surface area contributed by atoms with Crippen LogP contribution < -0.4 is 15.0 Å². The zero-order valence-corrected chi connectivity index (χ0v) is 17.1. The summed E-state index contributed by atoms with van der Waals surface area (Å²) in [4.78, 5) is 14.8. The zero-order valence-electron chi connectivity index (χ0n) is 17.1. The lowest BCUT2D eigenvalue weighted by atomic mass is 9.92. The van der Waals surface area contributed by atoms with Crippen molar-refractivity contribution in [3.63, 3.8) is 0 Å². The minimum absolute atomic E-state index is 0.125. The molecule has 29 heavy (non-hydrogen) atoms. The van der Waals surface area contributed by atoms with Crippen LogP contribution in [0.3, 0.4) is 0 Å². The van der Waals surface area contributed by atoms with E-state index in [-0.39, 0.29) is 11.8 Å². The molecule has 1 aliphatic carbocycles. The Morgan fingerprint density at radius 1 is 0.966 bits per heavy atom. The van der Waals surface area contributed by atoms with Crippen LogP contribution in [0, 0.1) is 5.92 Å². The molecule has 1 amide bonds. The van der Waals surface area contributed by atoms with Gasteiger partial charge in [-0.1, -0.05) is 19.3 Å². The van der Waals surface area contributed by atoms with E-state index in [0.29, 0.717) is 6.04 Å². The minimum Gasteiger partial charge on any atom is -0.497 e. The van der Waals surface area contributed by atoms with Crippen LogP contribution in [0.2, 0.25) is 0 Å². The predicted molar refractivity (Wildman–Crippen MR) is 114 cm³/mol. The highest BCUT2D eigenvalue weighted by atomic mass is 16.5. The summed E-state index contributed by atoms with van der Waals surface area (Å²) in [5.74, 6) is 2.08. The van der Waals surface area contributed by atoms with Crippen LogP contribution >= 0.6 is 0 Å². The molecule has 1 saturated heterocycles. The van der Waals surface area contributed by atoms with Crippen LogP contribution in [0.4, 0.5) is 5.82 Å². The van der Waals surface area contributed by atoms with Gasteiger partial charge in [0.1, 0.15) is 5.75 Å². The first-order chi connectivity index (χ1) is 14.2. The summed E-state index contributed by atoms with van der Waals surface area (Å²) in [5.41, 5.74) is 1.86. The number of nitrogens with one attached hydrogen (secondary N) is 1. The number of aromatic nitrogens is 2. The number of anilines is 1. The molecule has 1 saturated carbocycles. The van der Waals surface area contributed by atoms with E-state index in [1.807, 2.05) is 36.4 Å². The smallest absolute Gasteiger partial charge is 0.223 e. The number of hydrogen-bond donors (Lipinski definition) is 1. The third-order valence-corrected chi connectivity index (χ3v) is 6.18. The number of ether oxygens (including phenoxy) is 1. The molecule has 1 aliphatic heterocycles. The standard InChI is InChI=1S/C23H30N4O2/c1-29-20-9-7-17(8-10-20)21-11-12-22(26-25-21)27-15-13-18(14-16-27)23(28)24-19-5-3-2-4-6-19/h7-12,18-19H,2-6,13-16H2,1H3,(H,24,28). The van der Waals surface area contributed by atoms with E-state index >= 15 is 0 Å². The molecular weight excluding hydrogens is 364 g/mol. The number of carbonyl (C=O) groups excluding carboxylic acids is 1. The normalized spacial score (nSPS) is 18.4. The second-order valence-corrected chi connectivity index (χ2v) is 8.11. The summed E-state index contributed by atoms with van der Waals surface area (Å²) in [7, 11) is 1.66. The highest BCUT2D eigenvalue weighted by molar-refractivity contribution is 5.79. The Morgan fingerprint density at radius 2 is 1.69 bits per heavy atom. The van der Waals surface area contributed by atoms with Crippen molar-refractivity contribution < 1.29 is 9.53 Å². The van der Waals surface area contributed by atoms with Crippen LogP contribution in [-0.4, -0.2) is 42.3 Å². The molecule has 0 spiro atoms. The maximum atomic E-state index is 12.6. The molecular formula is C23H30N4O2. The number of amides is 1. The Labute approximate surface area is 172 Å². The summed E-state index contributed by atoms with van der Waals surface area (Å²) in [6.07, 6.45) is 7.83. The largest absolute Gasteiger partial charge is 0.497 e. The molecule has 6 heteroatoms. The third-order valence-electron chi connectivity index (χ3n) is 6.18. The molecule has 154 valence electrons. The lowest BCUT2D eigenvalue weighted by Crippen LogP contribution is -2.44. The van der Waals surface area contributed by atoms with Gasteiger partial charge in [0, 0.05) is 30.6 Å². The molecule has 0 atom stereocenters. The summed E-state index contributed by atoms with van der Waals surface area (Å²) in [6, 6.07) is 12.2. The van der Waals surface area contributed by atoms with E-state index in [0.717, 1.165) is 61.6 Å². The van der Waals surface area contributed by atoms with E-state index < -0.39 is 0 Å². The first-order valence-electron chi connectivity index (χ1n) is 10.8. The summed E-state index contributed by atoms with van der Waals surface area (Å²) >= 11 is 0. The van der Waals surface area contributed by atoms with E-state index in [2.05, 4.69) is 20.4 Å². The summed E-state index contributed by atoms with van der Waals surface area (Å²) in [5, 5.41) is 12.1. The first-order valence-corrected chi connectivity index (χ1v) is 10.8. The fraction of sp³-hybridized carbons (Fsp3) is 0.522. The van der Waals surface area contributed by atoms with Gasteiger partial charge in [-0.2, -0.15) is 0 Å². The number of methoxy groups -OCH3 is 1. The maximum absolute atomic E-state index is 12.6. The zero-order chi connectivity index (χ0) is 20.1. The van der Waals surface area contributed by atoms with Crippen LogP contribution in [0.1, 0.15) is 44.9 Å². The SMILES string of the molecule is COc1ccc(-c2ccc(N3CCC(C(=O)NC4CCCCC4)CC3)nn2)cc1. The molecule has 2 heterocycles. The lowest BCUT2D eigenvalue weighted by molar-refractivity contribution is -0.126. The second kappa shape index (κ2) is 9.25. The first kappa shape index (κ1) is 19.7. The molecule has 1 N–H and O–H groups in total. The molecule has 0 bridgehead atoms. The van der Waals surface area contributed by atoms with Crippen molar-refractivity contribution in [3.05, 3.63) is 36.4 Å². The Kier molecular flexibility index (Phi) is 6.27. The molecule has 2 fully saturated rings. The van der Waals surface area contributed by atoms with Crippen molar-refractivity contribution in [1.82, 2.24) is 15.5 Å². The van der Waals surface area contributed by atoms with E-state index in [9.17, 15) is 4.79 Å². The van der Waals surface area contributed by atoms with Gasteiger partial charge < -0.3 is 15.0 Å². The van der Waals surface area contributed by atoms with Gasteiger partial charge in [-0.3, -0.25) is 4.79 Å². The van der Waals surface area contributed by atoms with Gasteiger partial charge in [-0.05, 0) is 62.1 Å². The van der Waals surface area contributed by atoms with Crippen LogP contribution in [0.25, 0.3) is 11.3 Å². The molecule has 0 radical (unpaired) electrons. The average molecular weight is 395 g/mol. The van der Waals surface area contributed by atoms with Crippen molar-refractivity contribution in [1.29, 1.82) is 0 Å². The van der Waals surface area contributed by atoms with E-state index in [1.165, 1.54) is 19.3 Å². The van der Waals surface area contributed by atoms with Gasteiger partial charge in [0.2, 0.25) is 5.91 Å². The fourth-order valence-corrected chi connectivity index (χ4v) is 4.35. The fourth-order valence-electron chi connectivity index (χ4n) is 4.35. The Morgan fingerprint density at radius 3 is 2.31 bits per heavy atom.